The second-order valence-corrected chi connectivity index (χ2v) is 13.0. The summed E-state index contributed by atoms with van der Waals surface area (Å²) >= 11 is 0. The summed E-state index contributed by atoms with van der Waals surface area (Å²) in [4.78, 5) is 15.8. The molecule has 0 atom stereocenters. The Bertz CT molecular complexity index is 1840. The number of rotatable bonds is 9. The molecule has 0 saturated carbocycles. The third kappa shape index (κ3) is 7.07. The minimum Gasteiger partial charge on any atom is -0.489 e. The molecular formula is C30H27F5N2O6S. The lowest BCUT2D eigenvalue weighted by molar-refractivity contribution is -0.142. The van der Waals surface area contributed by atoms with Crippen molar-refractivity contribution in [2.45, 2.75) is 51.6 Å². The molecule has 0 bridgehead atoms. The van der Waals surface area contributed by atoms with E-state index in [2.05, 4.69) is 9.38 Å². The molecule has 0 saturated heterocycles. The van der Waals surface area contributed by atoms with E-state index < -0.39 is 49.8 Å². The first kappa shape index (κ1) is 32.6. The van der Waals surface area contributed by atoms with E-state index in [1.165, 1.54) is 39.0 Å². The Morgan fingerprint density at radius 2 is 1.80 bits per heavy atom. The number of furan rings is 1. The van der Waals surface area contributed by atoms with Crippen molar-refractivity contribution in [2.24, 2.45) is 4.40 Å². The molecule has 0 amide bonds. The van der Waals surface area contributed by atoms with E-state index in [-0.39, 0.29) is 58.6 Å². The smallest absolute Gasteiger partial charge is 0.420 e. The second kappa shape index (κ2) is 12.3. The van der Waals surface area contributed by atoms with Gasteiger partial charge in [-0.2, -0.15) is 17.6 Å². The van der Waals surface area contributed by atoms with Crippen molar-refractivity contribution in [3.05, 3.63) is 82.9 Å². The molecule has 0 aliphatic heterocycles. The Morgan fingerprint density at radius 1 is 1.07 bits per heavy atom. The van der Waals surface area contributed by atoms with Gasteiger partial charge in [-0.15, -0.1) is 0 Å². The van der Waals surface area contributed by atoms with Gasteiger partial charge < -0.3 is 13.9 Å². The summed E-state index contributed by atoms with van der Waals surface area (Å²) in [5.74, 6) is -2.25. The number of benzene rings is 2. The van der Waals surface area contributed by atoms with Crippen LogP contribution in [0.3, 0.4) is 0 Å². The summed E-state index contributed by atoms with van der Waals surface area (Å²) in [6, 6.07) is 7.13. The van der Waals surface area contributed by atoms with Crippen molar-refractivity contribution < 1.29 is 49.1 Å². The topological polar surface area (TPSA) is 108 Å². The minimum absolute atomic E-state index is 0.0815. The third-order valence-electron chi connectivity index (χ3n) is 6.39. The predicted molar refractivity (Wildman–Crippen MR) is 152 cm³/mol. The first-order valence-corrected chi connectivity index (χ1v) is 14.6. The normalized spacial score (nSPS) is 12.7. The largest absolute Gasteiger partial charge is 0.489 e. The zero-order valence-electron chi connectivity index (χ0n) is 24.0. The number of carbonyl (C=O) groups is 1. The van der Waals surface area contributed by atoms with Crippen LogP contribution in [0.5, 0.6) is 5.75 Å². The van der Waals surface area contributed by atoms with E-state index in [1.807, 2.05) is 0 Å². The summed E-state index contributed by atoms with van der Waals surface area (Å²) < 4.78 is 114. The van der Waals surface area contributed by atoms with Crippen LogP contribution in [0.1, 0.15) is 50.1 Å². The highest BCUT2D eigenvalue weighted by molar-refractivity contribution is 7.91. The van der Waals surface area contributed by atoms with E-state index in [0.29, 0.717) is 6.26 Å². The van der Waals surface area contributed by atoms with E-state index in [0.717, 1.165) is 30.6 Å². The number of hydrogen-bond donors (Lipinski definition) is 0. The lowest BCUT2D eigenvalue weighted by Crippen LogP contribution is -2.25. The molecule has 8 nitrogen and oxygen atoms in total. The maximum absolute atomic E-state index is 15.7. The monoisotopic (exact) mass is 638 g/mol. The molecule has 44 heavy (non-hydrogen) atoms. The van der Waals surface area contributed by atoms with Crippen LogP contribution in [0.4, 0.5) is 22.0 Å². The number of nitrogens with zero attached hydrogens (tertiary/aromatic N) is 2. The maximum atomic E-state index is 15.7. The van der Waals surface area contributed by atoms with Crippen LogP contribution in [0.15, 0.2) is 57.7 Å². The van der Waals surface area contributed by atoms with Gasteiger partial charge in [0.05, 0.1) is 24.0 Å². The Morgan fingerprint density at radius 3 is 2.45 bits per heavy atom. The highest BCUT2D eigenvalue weighted by Gasteiger charge is 2.36. The maximum Gasteiger partial charge on any atom is 0.420 e. The number of alkyl halides is 3. The molecule has 0 unspecified atom stereocenters. The van der Waals surface area contributed by atoms with Crippen LogP contribution >= 0.6 is 0 Å². The Balaban J connectivity index is 1.80. The number of sulfonamides is 1. The molecule has 4 rings (SSSR count). The van der Waals surface area contributed by atoms with Crippen molar-refractivity contribution in [2.75, 3.05) is 6.61 Å². The third-order valence-corrected chi connectivity index (χ3v) is 8.32. The van der Waals surface area contributed by atoms with Gasteiger partial charge >= 0.3 is 12.1 Å². The highest BCUT2D eigenvalue weighted by Crippen LogP contribution is 2.41. The Hall–Kier alpha value is -4.33. The van der Waals surface area contributed by atoms with Gasteiger partial charge in [0.2, 0.25) is 0 Å². The highest BCUT2D eigenvalue weighted by atomic mass is 32.2. The van der Waals surface area contributed by atoms with Crippen LogP contribution in [0.2, 0.25) is 0 Å². The number of carbonyl (C=O) groups excluding carboxylic acids is 1. The number of hydrogen-bond acceptors (Lipinski definition) is 7. The van der Waals surface area contributed by atoms with Crippen molar-refractivity contribution in [3.63, 3.8) is 0 Å². The molecular weight excluding hydrogens is 611 g/mol. The predicted octanol–water partition coefficient (Wildman–Crippen LogP) is 7.02. The van der Waals surface area contributed by atoms with Gasteiger partial charge in [0.15, 0.2) is 5.82 Å². The molecule has 2 heterocycles. The zero-order valence-corrected chi connectivity index (χ0v) is 24.8. The molecule has 0 aliphatic rings. The second-order valence-electron chi connectivity index (χ2n) is 10.6. The van der Waals surface area contributed by atoms with E-state index in [9.17, 15) is 30.8 Å². The van der Waals surface area contributed by atoms with Crippen molar-refractivity contribution in [3.8, 4) is 16.9 Å². The molecule has 4 aromatic rings. The quantitative estimate of drug-likeness (QED) is 0.110. The zero-order chi connectivity index (χ0) is 32.4. The van der Waals surface area contributed by atoms with Crippen LogP contribution in [0.25, 0.3) is 22.1 Å². The fourth-order valence-electron chi connectivity index (χ4n) is 4.09. The Kier molecular flexibility index (Phi) is 9.14. The molecule has 0 radical (unpaired) electrons. The van der Waals surface area contributed by atoms with Gasteiger partial charge in [0.1, 0.15) is 41.3 Å². The molecule has 14 heteroatoms. The number of halogens is 5. The van der Waals surface area contributed by atoms with Gasteiger partial charge in [-0.1, -0.05) is 0 Å². The van der Waals surface area contributed by atoms with E-state index in [4.69, 9.17) is 13.9 Å². The molecule has 0 fully saturated rings. The first-order valence-electron chi connectivity index (χ1n) is 13.1. The fourth-order valence-corrected chi connectivity index (χ4v) is 4.65. The summed E-state index contributed by atoms with van der Waals surface area (Å²) in [6.45, 7) is 5.57. The van der Waals surface area contributed by atoms with Crippen molar-refractivity contribution in [1.82, 2.24) is 4.98 Å². The number of pyridine rings is 1. The van der Waals surface area contributed by atoms with Crippen LogP contribution in [-0.4, -0.2) is 36.9 Å². The molecule has 2 aromatic heterocycles. The van der Waals surface area contributed by atoms with Crippen LogP contribution in [0, 0.1) is 11.6 Å². The first-order chi connectivity index (χ1) is 20.5. The number of ether oxygens (including phenoxy) is 2. The summed E-state index contributed by atoms with van der Waals surface area (Å²) in [5.41, 5.74) is -1.92. The average Bonchev–Trinajstić information content (AvgIpc) is 3.36. The average molecular weight is 639 g/mol. The standard InChI is InChI=1S/C30H27F5N2O6S/c1-5-41-26(38)13-18-12-19(31)6-7-25(18)42-15-17-10-21(28-22(11-17)23(16-43-28)30(33,34)35)20-8-9-36-24(27(20)32)14-37-44(39,40)29(2,3)4/h6-12,14,16H,5,13,15H2,1-4H3. The fraction of sp³-hybridized carbons (Fsp3) is 0.300. The molecule has 0 spiro atoms. The summed E-state index contributed by atoms with van der Waals surface area (Å²) in [7, 11) is -4.05. The minimum atomic E-state index is -4.82. The van der Waals surface area contributed by atoms with E-state index >= 15 is 4.39 Å². The van der Waals surface area contributed by atoms with Crippen molar-refractivity contribution in [1.29, 1.82) is 0 Å². The SMILES string of the molecule is CCOC(=O)Cc1cc(F)ccc1OCc1cc(-c2ccnc(C=NS(=O)(=O)C(C)(C)C)c2F)c2occ(C(F)(F)F)c2c1. The molecule has 234 valence electrons. The van der Waals surface area contributed by atoms with Gasteiger partial charge in [-0.3, -0.25) is 9.78 Å². The number of esters is 1. The molecule has 0 N–H and O–H groups in total. The van der Waals surface area contributed by atoms with Gasteiger partial charge in [0, 0.05) is 28.3 Å². The Labute approximate surface area is 249 Å². The van der Waals surface area contributed by atoms with Gasteiger partial charge in [-0.05, 0) is 69.7 Å². The van der Waals surface area contributed by atoms with Crippen molar-refractivity contribution >= 4 is 33.2 Å². The number of fused-ring (bicyclic) bond motifs is 1. The summed E-state index contributed by atoms with van der Waals surface area (Å²) in [5, 5.41) is -0.388. The van der Waals surface area contributed by atoms with Gasteiger partial charge in [0.25, 0.3) is 10.0 Å². The lowest BCUT2D eigenvalue weighted by Gasteiger charge is -2.15. The van der Waals surface area contributed by atoms with Crippen LogP contribution < -0.4 is 4.74 Å². The number of aromatic nitrogens is 1. The summed E-state index contributed by atoms with van der Waals surface area (Å²) in [6.07, 6.45) is -2.75. The van der Waals surface area contributed by atoms with E-state index in [1.54, 1.807) is 6.92 Å². The lowest BCUT2D eigenvalue weighted by atomic mass is 9.98. The van der Waals surface area contributed by atoms with Crippen LogP contribution in [-0.2, 0) is 38.8 Å². The molecule has 2 aromatic carbocycles. The molecule has 0 aliphatic carbocycles. The van der Waals surface area contributed by atoms with Gasteiger partial charge in [-0.25, -0.2) is 17.2 Å².